The summed E-state index contributed by atoms with van der Waals surface area (Å²) in [5, 5.41) is 7.78. The van der Waals surface area contributed by atoms with Gasteiger partial charge in [0.25, 0.3) is 0 Å². The zero-order valence-electron chi connectivity index (χ0n) is 14.0. The molecular formula is C15H32N4S. The molecule has 0 aromatic heterocycles. The Labute approximate surface area is 129 Å². The van der Waals surface area contributed by atoms with Gasteiger partial charge >= 0.3 is 0 Å². The molecule has 0 radical (unpaired) electrons. The standard InChI is InChI=1S/C15H32N4S/c1-7-16-14(17-11-15(2,3)19(4)5)18-12-8-9-13(10-12)20-6/h12-13H,7-11H2,1-6H3,(H2,16,17,18). The van der Waals surface area contributed by atoms with E-state index in [2.05, 4.69) is 56.7 Å². The van der Waals surface area contributed by atoms with Gasteiger partial charge in [-0.1, -0.05) is 0 Å². The first-order valence-corrected chi connectivity index (χ1v) is 8.93. The largest absolute Gasteiger partial charge is 0.357 e. The number of aliphatic imine (C=N–C) groups is 1. The van der Waals surface area contributed by atoms with Crippen LogP contribution >= 0.6 is 11.8 Å². The molecule has 1 aliphatic rings. The van der Waals surface area contributed by atoms with E-state index in [9.17, 15) is 0 Å². The minimum Gasteiger partial charge on any atom is -0.357 e. The number of nitrogens with zero attached hydrogens (tertiary/aromatic N) is 2. The van der Waals surface area contributed by atoms with Gasteiger partial charge in [-0.05, 0) is 60.4 Å². The Morgan fingerprint density at radius 1 is 1.35 bits per heavy atom. The average Bonchev–Trinajstić information content (AvgIpc) is 2.84. The lowest BCUT2D eigenvalue weighted by Crippen LogP contribution is -2.45. The van der Waals surface area contributed by atoms with E-state index in [-0.39, 0.29) is 5.54 Å². The second-order valence-corrected chi connectivity index (χ2v) is 7.55. The number of rotatable bonds is 6. The van der Waals surface area contributed by atoms with Gasteiger partial charge in [0.1, 0.15) is 0 Å². The molecule has 2 unspecified atom stereocenters. The quantitative estimate of drug-likeness (QED) is 0.582. The first kappa shape index (κ1) is 17.6. The first-order chi connectivity index (χ1) is 9.39. The Morgan fingerprint density at radius 2 is 2.05 bits per heavy atom. The topological polar surface area (TPSA) is 39.7 Å². The highest BCUT2D eigenvalue weighted by Gasteiger charge is 2.25. The maximum absolute atomic E-state index is 4.77. The van der Waals surface area contributed by atoms with Crippen LogP contribution in [0.5, 0.6) is 0 Å². The van der Waals surface area contributed by atoms with Crippen molar-refractivity contribution in [2.24, 2.45) is 4.99 Å². The van der Waals surface area contributed by atoms with Crippen molar-refractivity contribution in [2.75, 3.05) is 33.4 Å². The van der Waals surface area contributed by atoms with Crippen molar-refractivity contribution in [2.45, 2.75) is 56.9 Å². The molecule has 0 bridgehead atoms. The molecule has 1 aliphatic carbocycles. The highest BCUT2D eigenvalue weighted by molar-refractivity contribution is 7.99. The van der Waals surface area contributed by atoms with E-state index in [1.165, 1.54) is 19.3 Å². The number of thioether (sulfide) groups is 1. The molecule has 0 aromatic rings. The fourth-order valence-electron chi connectivity index (χ4n) is 2.21. The van der Waals surface area contributed by atoms with Crippen molar-refractivity contribution in [3.05, 3.63) is 0 Å². The molecule has 1 fully saturated rings. The molecule has 0 aliphatic heterocycles. The van der Waals surface area contributed by atoms with E-state index >= 15 is 0 Å². The molecule has 0 spiro atoms. The van der Waals surface area contributed by atoms with Gasteiger partial charge in [0, 0.05) is 23.4 Å². The summed E-state index contributed by atoms with van der Waals surface area (Å²) in [6, 6.07) is 0.577. The summed E-state index contributed by atoms with van der Waals surface area (Å²) >= 11 is 1.99. The monoisotopic (exact) mass is 300 g/mol. The highest BCUT2D eigenvalue weighted by Crippen LogP contribution is 2.28. The van der Waals surface area contributed by atoms with Gasteiger partial charge in [0.2, 0.25) is 0 Å². The minimum absolute atomic E-state index is 0.0832. The Hall–Kier alpha value is -0.420. The third-order valence-corrected chi connectivity index (χ3v) is 5.33. The minimum atomic E-state index is 0.0832. The summed E-state index contributed by atoms with van der Waals surface area (Å²) in [6.07, 6.45) is 6.04. The highest BCUT2D eigenvalue weighted by atomic mass is 32.2. The average molecular weight is 301 g/mol. The van der Waals surface area contributed by atoms with E-state index in [1.54, 1.807) is 0 Å². The fourth-order valence-corrected chi connectivity index (χ4v) is 3.01. The number of hydrogen-bond donors (Lipinski definition) is 2. The van der Waals surface area contributed by atoms with E-state index < -0.39 is 0 Å². The zero-order chi connectivity index (χ0) is 15.2. The van der Waals surface area contributed by atoms with Crippen LogP contribution in [0.4, 0.5) is 0 Å². The van der Waals surface area contributed by atoms with Crippen molar-refractivity contribution in [1.29, 1.82) is 0 Å². The molecule has 118 valence electrons. The molecule has 5 heteroatoms. The van der Waals surface area contributed by atoms with Crippen LogP contribution in [0.2, 0.25) is 0 Å². The smallest absolute Gasteiger partial charge is 0.191 e. The predicted molar refractivity (Wildman–Crippen MR) is 91.8 cm³/mol. The molecule has 0 saturated heterocycles. The normalized spacial score (nSPS) is 24.2. The molecule has 2 atom stereocenters. The third-order valence-electron chi connectivity index (χ3n) is 4.24. The summed E-state index contributed by atoms with van der Waals surface area (Å²) in [4.78, 5) is 6.99. The molecule has 20 heavy (non-hydrogen) atoms. The van der Waals surface area contributed by atoms with Gasteiger partial charge in [-0.15, -0.1) is 0 Å². The van der Waals surface area contributed by atoms with Crippen molar-refractivity contribution >= 4 is 17.7 Å². The Bertz CT molecular complexity index is 315. The lowest BCUT2D eigenvalue weighted by Gasteiger charge is -2.31. The zero-order valence-corrected chi connectivity index (χ0v) is 14.8. The molecule has 0 aromatic carbocycles. The Kier molecular flexibility index (Phi) is 7.17. The Morgan fingerprint density at radius 3 is 2.55 bits per heavy atom. The van der Waals surface area contributed by atoms with Crippen molar-refractivity contribution in [1.82, 2.24) is 15.5 Å². The van der Waals surface area contributed by atoms with Crippen LogP contribution in [-0.4, -0.2) is 61.1 Å². The van der Waals surface area contributed by atoms with Crippen molar-refractivity contribution in [3.8, 4) is 0 Å². The van der Waals surface area contributed by atoms with E-state index in [1.807, 2.05) is 11.8 Å². The molecule has 0 amide bonds. The Balaban J connectivity index is 2.55. The predicted octanol–water partition coefficient (Wildman–Crippen LogP) is 2.17. The van der Waals surface area contributed by atoms with E-state index in [0.29, 0.717) is 6.04 Å². The summed E-state index contributed by atoms with van der Waals surface area (Å²) in [6.45, 7) is 8.27. The number of likely N-dealkylation sites (N-methyl/N-ethyl adjacent to an activating group) is 1. The van der Waals surface area contributed by atoms with Crippen molar-refractivity contribution in [3.63, 3.8) is 0 Å². The van der Waals surface area contributed by atoms with Crippen LogP contribution in [0.1, 0.15) is 40.0 Å². The van der Waals surface area contributed by atoms with Crippen LogP contribution in [0, 0.1) is 0 Å². The second-order valence-electron chi connectivity index (χ2n) is 6.41. The summed E-state index contributed by atoms with van der Waals surface area (Å²) in [7, 11) is 4.21. The first-order valence-electron chi connectivity index (χ1n) is 7.64. The van der Waals surface area contributed by atoms with Gasteiger partial charge in [0.05, 0.1) is 6.54 Å². The van der Waals surface area contributed by atoms with Gasteiger partial charge in [-0.25, -0.2) is 0 Å². The summed E-state index contributed by atoms with van der Waals surface area (Å²) in [5.41, 5.74) is 0.0832. The van der Waals surface area contributed by atoms with Crippen molar-refractivity contribution < 1.29 is 0 Å². The van der Waals surface area contributed by atoms with Gasteiger partial charge in [-0.3, -0.25) is 4.99 Å². The van der Waals surface area contributed by atoms with Gasteiger partial charge in [-0.2, -0.15) is 11.8 Å². The lowest BCUT2D eigenvalue weighted by molar-refractivity contribution is 0.204. The second kappa shape index (κ2) is 8.13. The van der Waals surface area contributed by atoms with Crippen LogP contribution in [0.25, 0.3) is 0 Å². The van der Waals surface area contributed by atoms with Crippen LogP contribution < -0.4 is 10.6 Å². The van der Waals surface area contributed by atoms with Crippen LogP contribution in [0.15, 0.2) is 4.99 Å². The number of nitrogens with one attached hydrogen (secondary N) is 2. The van der Waals surface area contributed by atoms with Crippen LogP contribution in [0.3, 0.4) is 0 Å². The maximum atomic E-state index is 4.77. The third kappa shape index (κ3) is 5.52. The summed E-state index contributed by atoms with van der Waals surface area (Å²) < 4.78 is 0. The molecule has 0 heterocycles. The molecule has 2 N–H and O–H groups in total. The van der Waals surface area contributed by atoms with E-state index in [0.717, 1.165) is 24.3 Å². The molecule has 1 saturated carbocycles. The van der Waals surface area contributed by atoms with Gasteiger partial charge in [0.15, 0.2) is 5.96 Å². The maximum Gasteiger partial charge on any atom is 0.191 e. The SMILES string of the molecule is CCNC(=NCC(C)(C)N(C)C)NC1CCC(SC)C1. The molecule has 1 rings (SSSR count). The molecular weight excluding hydrogens is 268 g/mol. The lowest BCUT2D eigenvalue weighted by atomic mass is 10.1. The number of hydrogen-bond acceptors (Lipinski definition) is 3. The fraction of sp³-hybridized carbons (Fsp3) is 0.933. The van der Waals surface area contributed by atoms with Gasteiger partial charge < -0.3 is 15.5 Å². The summed E-state index contributed by atoms with van der Waals surface area (Å²) in [5.74, 6) is 0.967. The van der Waals surface area contributed by atoms with Crippen LogP contribution in [-0.2, 0) is 0 Å². The molecule has 4 nitrogen and oxygen atoms in total. The number of guanidine groups is 1. The van der Waals surface area contributed by atoms with E-state index in [4.69, 9.17) is 4.99 Å².